The van der Waals surface area contributed by atoms with Gasteiger partial charge in [-0.2, -0.15) is 0 Å². The van der Waals surface area contributed by atoms with Crippen molar-refractivity contribution in [2.75, 3.05) is 25.9 Å². The van der Waals surface area contributed by atoms with Gasteiger partial charge in [-0.1, -0.05) is 13.0 Å². The summed E-state index contributed by atoms with van der Waals surface area (Å²) in [5, 5.41) is 0.860. The topological polar surface area (TPSA) is 55.6 Å². The fraction of sp³-hybridized carbons (Fsp3) is 0.438. The van der Waals surface area contributed by atoms with E-state index >= 15 is 0 Å². The standard InChI is InChI=1S/C16H20N2O2S/c1-10-6-8-18(9-7-10)16(19)15-14(17)13-11(20-2)4-3-5-12(13)21-15/h3-5,10H,6-9,17H2,1-2H3. The van der Waals surface area contributed by atoms with Crippen LogP contribution in [0.25, 0.3) is 10.1 Å². The molecule has 112 valence electrons. The molecule has 1 fully saturated rings. The van der Waals surface area contributed by atoms with Gasteiger partial charge in [0.1, 0.15) is 10.6 Å². The summed E-state index contributed by atoms with van der Waals surface area (Å²) in [7, 11) is 1.62. The number of thiophene rings is 1. The lowest BCUT2D eigenvalue weighted by Crippen LogP contribution is -2.37. The average Bonchev–Trinajstić information content (AvgIpc) is 2.84. The molecule has 1 amide bonds. The third kappa shape index (κ3) is 2.46. The second-order valence-electron chi connectivity index (χ2n) is 5.65. The molecule has 2 N–H and O–H groups in total. The monoisotopic (exact) mass is 304 g/mol. The van der Waals surface area contributed by atoms with E-state index in [2.05, 4.69) is 6.92 Å². The molecule has 0 unspecified atom stereocenters. The summed E-state index contributed by atoms with van der Waals surface area (Å²) in [5.41, 5.74) is 6.79. The highest BCUT2D eigenvalue weighted by Gasteiger charge is 2.26. The number of nitrogen functional groups attached to an aromatic ring is 1. The number of carbonyl (C=O) groups is 1. The van der Waals surface area contributed by atoms with Crippen LogP contribution in [0.3, 0.4) is 0 Å². The van der Waals surface area contributed by atoms with E-state index in [9.17, 15) is 4.79 Å². The second kappa shape index (κ2) is 5.56. The summed E-state index contributed by atoms with van der Waals surface area (Å²) < 4.78 is 6.36. The molecule has 0 aliphatic carbocycles. The molecule has 0 bridgehead atoms. The number of hydrogen-bond donors (Lipinski definition) is 1. The number of ether oxygens (including phenoxy) is 1. The Balaban J connectivity index is 1.97. The molecule has 0 radical (unpaired) electrons. The van der Waals surface area contributed by atoms with Crippen molar-refractivity contribution in [3.8, 4) is 5.75 Å². The van der Waals surface area contributed by atoms with Crippen molar-refractivity contribution in [3.05, 3.63) is 23.1 Å². The van der Waals surface area contributed by atoms with Crippen LogP contribution >= 0.6 is 11.3 Å². The Hall–Kier alpha value is -1.75. The van der Waals surface area contributed by atoms with Crippen molar-refractivity contribution >= 4 is 33.0 Å². The number of methoxy groups -OCH3 is 1. The van der Waals surface area contributed by atoms with Gasteiger partial charge in [-0.15, -0.1) is 11.3 Å². The van der Waals surface area contributed by atoms with Crippen molar-refractivity contribution in [1.82, 2.24) is 4.90 Å². The number of likely N-dealkylation sites (tertiary alicyclic amines) is 1. The van der Waals surface area contributed by atoms with Gasteiger partial charge in [0.15, 0.2) is 0 Å². The maximum atomic E-state index is 12.7. The van der Waals surface area contributed by atoms with Crippen molar-refractivity contribution in [2.24, 2.45) is 5.92 Å². The van der Waals surface area contributed by atoms with Gasteiger partial charge in [0.25, 0.3) is 5.91 Å². The van der Waals surface area contributed by atoms with Crippen LogP contribution < -0.4 is 10.5 Å². The van der Waals surface area contributed by atoms with Crippen molar-refractivity contribution in [2.45, 2.75) is 19.8 Å². The molecule has 3 rings (SSSR count). The summed E-state index contributed by atoms with van der Waals surface area (Å²) in [5.74, 6) is 1.49. The van der Waals surface area contributed by atoms with Gasteiger partial charge >= 0.3 is 0 Å². The molecule has 2 heterocycles. The van der Waals surface area contributed by atoms with Crippen LogP contribution in [0.15, 0.2) is 18.2 Å². The Labute approximate surface area is 128 Å². The second-order valence-corrected chi connectivity index (χ2v) is 6.71. The number of benzene rings is 1. The van der Waals surface area contributed by atoms with E-state index in [-0.39, 0.29) is 5.91 Å². The quantitative estimate of drug-likeness (QED) is 0.925. The van der Waals surface area contributed by atoms with Crippen molar-refractivity contribution < 1.29 is 9.53 Å². The molecule has 2 aromatic rings. The first kappa shape index (κ1) is 14.2. The number of anilines is 1. The predicted octanol–water partition coefficient (Wildman–Crippen LogP) is 3.36. The van der Waals surface area contributed by atoms with Crippen LogP contribution in [0, 0.1) is 5.92 Å². The molecule has 1 aromatic heterocycles. The van der Waals surface area contributed by atoms with Crippen molar-refractivity contribution in [3.63, 3.8) is 0 Å². The molecular formula is C16H20N2O2S. The Bertz CT molecular complexity index is 672. The SMILES string of the molecule is COc1cccc2sc(C(=O)N3CCC(C)CC3)c(N)c12. The lowest BCUT2D eigenvalue weighted by molar-refractivity contribution is 0.0703. The highest BCUT2D eigenvalue weighted by Crippen LogP contribution is 2.40. The van der Waals surface area contributed by atoms with Crippen LogP contribution in [-0.4, -0.2) is 31.0 Å². The van der Waals surface area contributed by atoms with E-state index < -0.39 is 0 Å². The van der Waals surface area contributed by atoms with E-state index in [0.29, 0.717) is 16.5 Å². The van der Waals surface area contributed by atoms with Gasteiger partial charge < -0.3 is 15.4 Å². The molecule has 21 heavy (non-hydrogen) atoms. The van der Waals surface area contributed by atoms with Gasteiger partial charge in [0.05, 0.1) is 18.2 Å². The van der Waals surface area contributed by atoms with Crippen LogP contribution in [0.5, 0.6) is 5.75 Å². The zero-order valence-electron chi connectivity index (χ0n) is 12.4. The average molecular weight is 304 g/mol. The Morgan fingerprint density at radius 2 is 2.10 bits per heavy atom. The minimum absolute atomic E-state index is 0.0580. The molecule has 0 spiro atoms. The van der Waals surface area contributed by atoms with E-state index in [1.54, 1.807) is 7.11 Å². The molecule has 4 nitrogen and oxygen atoms in total. The maximum Gasteiger partial charge on any atom is 0.266 e. The smallest absolute Gasteiger partial charge is 0.266 e. The fourth-order valence-corrected chi connectivity index (χ4v) is 3.93. The minimum Gasteiger partial charge on any atom is -0.496 e. The van der Waals surface area contributed by atoms with Crippen LogP contribution in [0.1, 0.15) is 29.4 Å². The molecule has 1 aromatic carbocycles. The molecule has 0 saturated carbocycles. The van der Waals surface area contributed by atoms with E-state index in [4.69, 9.17) is 10.5 Å². The molecule has 1 aliphatic rings. The summed E-state index contributed by atoms with van der Waals surface area (Å²) in [6, 6.07) is 5.78. The van der Waals surface area contributed by atoms with Gasteiger partial charge in [0, 0.05) is 17.8 Å². The number of rotatable bonds is 2. The number of nitrogens with zero attached hydrogens (tertiary/aromatic N) is 1. The molecular weight excluding hydrogens is 284 g/mol. The van der Waals surface area contributed by atoms with Crippen LogP contribution in [0.2, 0.25) is 0 Å². The summed E-state index contributed by atoms with van der Waals surface area (Å²) in [6.07, 6.45) is 2.14. The summed E-state index contributed by atoms with van der Waals surface area (Å²) in [6.45, 7) is 3.89. The highest BCUT2D eigenvalue weighted by molar-refractivity contribution is 7.21. The van der Waals surface area contributed by atoms with Gasteiger partial charge in [-0.05, 0) is 30.9 Å². The zero-order chi connectivity index (χ0) is 15.0. The first-order valence-electron chi connectivity index (χ1n) is 7.26. The van der Waals surface area contributed by atoms with E-state index in [1.807, 2.05) is 23.1 Å². The van der Waals surface area contributed by atoms with Gasteiger partial charge in [-0.25, -0.2) is 0 Å². The first-order chi connectivity index (χ1) is 10.1. The largest absolute Gasteiger partial charge is 0.496 e. The zero-order valence-corrected chi connectivity index (χ0v) is 13.2. The van der Waals surface area contributed by atoms with E-state index in [0.717, 1.165) is 41.8 Å². The number of hydrogen-bond acceptors (Lipinski definition) is 4. The molecule has 1 saturated heterocycles. The normalized spacial score (nSPS) is 16.4. The van der Waals surface area contributed by atoms with E-state index in [1.165, 1.54) is 11.3 Å². The molecule has 0 atom stereocenters. The number of carbonyl (C=O) groups excluding carboxylic acids is 1. The Kier molecular flexibility index (Phi) is 3.76. The Morgan fingerprint density at radius 3 is 2.76 bits per heavy atom. The summed E-state index contributed by atoms with van der Waals surface area (Å²) in [4.78, 5) is 15.3. The minimum atomic E-state index is 0.0580. The molecule has 1 aliphatic heterocycles. The summed E-state index contributed by atoms with van der Waals surface area (Å²) >= 11 is 1.46. The van der Waals surface area contributed by atoms with Gasteiger partial charge in [0.2, 0.25) is 0 Å². The van der Waals surface area contributed by atoms with Crippen LogP contribution in [-0.2, 0) is 0 Å². The number of amides is 1. The van der Waals surface area contributed by atoms with Crippen LogP contribution in [0.4, 0.5) is 5.69 Å². The predicted molar refractivity (Wildman–Crippen MR) is 87.1 cm³/mol. The highest BCUT2D eigenvalue weighted by atomic mass is 32.1. The fourth-order valence-electron chi connectivity index (χ4n) is 2.82. The van der Waals surface area contributed by atoms with Gasteiger partial charge in [-0.3, -0.25) is 4.79 Å². The lowest BCUT2D eigenvalue weighted by Gasteiger charge is -2.30. The van der Waals surface area contributed by atoms with Crippen molar-refractivity contribution in [1.29, 1.82) is 0 Å². The third-order valence-electron chi connectivity index (χ3n) is 4.20. The molecule has 5 heteroatoms. The lowest BCUT2D eigenvalue weighted by atomic mass is 9.99. The number of fused-ring (bicyclic) bond motifs is 1. The first-order valence-corrected chi connectivity index (χ1v) is 8.07. The maximum absolute atomic E-state index is 12.7. The number of piperidine rings is 1. The Morgan fingerprint density at radius 1 is 1.38 bits per heavy atom. The third-order valence-corrected chi connectivity index (χ3v) is 5.36. The number of nitrogens with two attached hydrogens (primary N) is 1.